The molecule has 0 bridgehead atoms. The van der Waals surface area contributed by atoms with E-state index in [4.69, 9.17) is 23.2 Å². The Kier molecular flexibility index (Phi) is 5.12. The Morgan fingerprint density at radius 3 is 2.09 bits per heavy atom. The van der Waals surface area contributed by atoms with Crippen LogP contribution in [0.3, 0.4) is 0 Å². The quantitative estimate of drug-likeness (QED) is 0.626. The van der Waals surface area contributed by atoms with E-state index in [-0.39, 0.29) is 15.7 Å². The number of carbonyl (C=O) groups is 2. The highest BCUT2D eigenvalue weighted by Crippen LogP contribution is 2.25. The summed E-state index contributed by atoms with van der Waals surface area (Å²) in [6.07, 6.45) is 0. The number of benzene rings is 2. The third-order valence-corrected chi connectivity index (χ3v) is 3.23. The molecule has 4 nitrogen and oxygen atoms in total. The number of amides is 2. The van der Waals surface area contributed by atoms with Crippen LogP contribution in [0.4, 0.5) is 24.5 Å². The standard InChI is InChI=1S/C14H7Cl2F3N2O2/c15-6-1-2-7(16)10(5-6)21-14(23)13(22)20-9-4-3-8(17)11(18)12(9)19/h1-5H,(H,20,22)(H,21,23). The molecule has 2 amide bonds. The summed E-state index contributed by atoms with van der Waals surface area (Å²) in [6, 6.07) is 5.56. The lowest BCUT2D eigenvalue weighted by molar-refractivity contribution is -0.133. The fourth-order valence-corrected chi connectivity index (χ4v) is 1.91. The van der Waals surface area contributed by atoms with Crippen LogP contribution in [0.15, 0.2) is 30.3 Å². The maximum absolute atomic E-state index is 13.4. The Labute approximate surface area is 138 Å². The largest absolute Gasteiger partial charge is 0.316 e. The number of rotatable bonds is 2. The Bertz CT molecular complexity index is 800. The molecule has 0 saturated heterocycles. The summed E-state index contributed by atoms with van der Waals surface area (Å²) < 4.78 is 39.3. The summed E-state index contributed by atoms with van der Waals surface area (Å²) in [4.78, 5) is 23.4. The van der Waals surface area contributed by atoms with E-state index in [0.717, 1.165) is 6.07 Å². The summed E-state index contributed by atoms with van der Waals surface area (Å²) in [5.41, 5.74) is -0.619. The molecule has 23 heavy (non-hydrogen) atoms. The molecule has 0 radical (unpaired) electrons. The lowest BCUT2D eigenvalue weighted by Gasteiger charge is -2.09. The van der Waals surface area contributed by atoms with E-state index in [1.54, 1.807) is 0 Å². The maximum Gasteiger partial charge on any atom is 0.314 e. The zero-order valence-electron chi connectivity index (χ0n) is 11.1. The third kappa shape index (κ3) is 3.94. The smallest absolute Gasteiger partial charge is 0.314 e. The molecule has 0 aliphatic heterocycles. The van der Waals surface area contributed by atoms with E-state index in [1.807, 2.05) is 5.32 Å². The van der Waals surface area contributed by atoms with Crippen molar-refractivity contribution in [3.05, 3.63) is 57.8 Å². The lowest BCUT2D eigenvalue weighted by atomic mass is 10.2. The van der Waals surface area contributed by atoms with Gasteiger partial charge in [-0.2, -0.15) is 0 Å². The molecule has 2 rings (SSSR count). The van der Waals surface area contributed by atoms with E-state index < -0.39 is 35.0 Å². The lowest BCUT2D eigenvalue weighted by Crippen LogP contribution is -2.29. The van der Waals surface area contributed by atoms with Gasteiger partial charge in [0.15, 0.2) is 17.5 Å². The van der Waals surface area contributed by atoms with Gasteiger partial charge in [0.2, 0.25) is 0 Å². The second kappa shape index (κ2) is 6.89. The number of anilines is 2. The first-order chi connectivity index (χ1) is 10.8. The van der Waals surface area contributed by atoms with Crippen LogP contribution in [-0.2, 0) is 9.59 Å². The van der Waals surface area contributed by atoms with Crippen molar-refractivity contribution in [2.24, 2.45) is 0 Å². The van der Waals surface area contributed by atoms with Crippen molar-refractivity contribution in [2.45, 2.75) is 0 Å². The van der Waals surface area contributed by atoms with Gasteiger partial charge in [0.1, 0.15) is 0 Å². The van der Waals surface area contributed by atoms with Crippen LogP contribution in [-0.4, -0.2) is 11.8 Å². The molecule has 2 N–H and O–H groups in total. The van der Waals surface area contributed by atoms with Gasteiger partial charge in [-0.3, -0.25) is 9.59 Å². The van der Waals surface area contributed by atoms with Gasteiger partial charge in [0, 0.05) is 5.02 Å². The normalized spacial score (nSPS) is 10.3. The van der Waals surface area contributed by atoms with Crippen molar-refractivity contribution in [2.75, 3.05) is 10.6 Å². The molecule has 0 atom stereocenters. The first-order valence-electron chi connectivity index (χ1n) is 6.00. The summed E-state index contributed by atoms with van der Waals surface area (Å²) in [6.45, 7) is 0. The zero-order valence-corrected chi connectivity index (χ0v) is 12.6. The summed E-state index contributed by atoms with van der Waals surface area (Å²) in [7, 11) is 0. The number of hydrogen-bond acceptors (Lipinski definition) is 2. The second-order valence-corrected chi connectivity index (χ2v) is 5.10. The molecule has 0 aromatic heterocycles. The first-order valence-corrected chi connectivity index (χ1v) is 6.76. The van der Waals surface area contributed by atoms with Gasteiger partial charge in [-0.15, -0.1) is 0 Å². The van der Waals surface area contributed by atoms with Gasteiger partial charge in [-0.1, -0.05) is 23.2 Å². The topological polar surface area (TPSA) is 58.2 Å². The van der Waals surface area contributed by atoms with Crippen LogP contribution >= 0.6 is 23.2 Å². The summed E-state index contributed by atoms with van der Waals surface area (Å²) in [5.74, 6) is -7.30. The van der Waals surface area contributed by atoms with Crippen LogP contribution in [0, 0.1) is 17.5 Å². The van der Waals surface area contributed by atoms with E-state index in [9.17, 15) is 22.8 Å². The minimum Gasteiger partial charge on any atom is -0.316 e. The highest BCUT2D eigenvalue weighted by molar-refractivity contribution is 6.45. The number of halogens is 5. The van der Waals surface area contributed by atoms with Crippen molar-refractivity contribution >= 4 is 46.4 Å². The molecule has 0 aliphatic carbocycles. The fraction of sp³-hybridized carbons (Fsp3) is 0. The molecule has 0 saturated carbocycles. The fourth-order valence-electron chi connectivity index (χ4n) is 1.57. The first kappa shape index (κ1) is 17.1. The van der Waals surface area contributed by atoms with Crippen molar-refractivity contribution in [1.29, 1.82) is 0 Å². The van der Waals surface area contributed by atoms with Crippen molar-refractivity contribution in [3.63, 3.8) is 0 Å². The number of nitrogens with one attached hydrogen (secondary N) is 2. The van der Waals surface area contributed by atoms with E-state index in [1.165, 1.54) is 18.2 Å². The van der Waals surface area contributed by atoms with Gasteiger partial charge in [-0.05, 0) is 30.3 Å². The van der Waals surface area contributed by atoms with Gasteiger partial charge >= 0.3 is 11.8 Å². The molecule has 9 heteroatoms. The summed E-state index contributed by atoms with van der Waals surface area (Å²) in [5, 5.41) is 4.36. The highest BCUT2D eigenvalue weighted by atomic mass is 35.5. The molecule has 2 aromatic rings. The third-order valence-electron chi connectivity index (χ3n) is 2.67. The van der Waals surface area contributed by atoms with E-state index in [0.29, 0.717) is 6.07 Å². The van der Waals surface area contributed by atoms with Crippen LogP contribution in [0.1, 0.15) is 0 Å². The van der Waals surface area contributed by atoms with Crippen LogP contribution < -0.4 is 10.6 Å². The van der Waals surface area contributed by atoms with E-state index >= 15 is 0 Å². The minimum absolute atomic E-state index is 0.0603. The molecule has 0 heterocycles. The average molecular weight is 363 g/mol. The van der Waals surface area contributed by atoms with Crippen LogP contribution in [0.5, 0.6) is 0 Å². The highest BCUT2D eigenvalue weighted by Gasteiger charge is 2.20. The number of hydrogen-bond donors (Lipinski definition) is 2. The summed E-state index contributed by atoms with van der Waals surface area (Å²) >= 11 is 11.5. The Balaban J connectivity index is 2.13. The van der Waals surface area contributed by atoms with Gasteiger partial charge in [0.25, 0.3) is 0 Å². The van der Waals surface area contributed by atoms with Crippen LogP contribution in [0.25, 0.3) is 0 Å². The molecule has 120 valence electrons. The molecular formula is C14H7Cl2F3N2O2. The van der Waals surface area contributed by atoms with Crippen molar-refractivity contribution in [3.8, 4) is 0 Å². The Morgan fingerprint density at radius 2 is 1.43 bits per heavy atom. The Morgan fingerprint density at radius 1 is 0.826 bits per heavy atom. The second-order valence-electron chi connectivity index (χ2n) is 4.26. The molecule has 0 spiro atoms. The van der Waals surface area contributed by atoms with Gasteiger partial charge in [0.05, 0.1) is 16.4 Å². The molecule has 0 aliphatic rings. The van der Waals surface area contributed by atoms with E-state index in [2.05, 4.69) is 5.32 Å². The molecular weight excluding hydrogens is 356 g/mol. The zero-order chi connectivity index (χ0) is 17.1. The molecule has 2 aromatic carbocycles. The van der Waals surface area contributed by atoms with Crippen molar-refractivity contribution in [1.82, 2.24) is 0 Å². The SMILES string of the molecule is O=C(Nc1cc(Cl)ccc1Cl)C(=O)Nc1ccc(F)c(F)c1F. The minimum atomic E-state index is -1.76. The predicted molar refractivity (Wildman–Crippen MR) is 80.0 cm³/mol. The monoisotopic (exact) mass is 362 g/mol. The average Bonchev–Trinajstić information content (AvgIpc) is 2.51. The number of carbonyl (C=O) groups excluding carboxylic acids is 2. The van der Waals surface area contributed by atoms with Crippen molar-refractivity contribution < 1.29 is 22.8 Å². The van der Waals surface area contributed by atoms with Gasteiger partial charge in [-0.25, -0.2) is 13.2 Å². The Hall–Kier alpha value is -2.25. The molecule has 0 unspecified atom stereocenters. The maximum atomic E-state index is 13.4. The molecule has 0 fully saturated rings. The predicted octanol–water partition coefficient (Wildman–Crippen LogP) is 3.99. The van der Waals surface area contributed by atoms with Crippen LogP contribution in [0.2, 0.25) is 10.0 Å². The van der Waals surface area contributed by atoms with Gasteiger partial charge < -0.3 is 10.6 Å².